The molecule has 0 aliphatic carbocycles. The van der Waals surface area contributed by atoms with Crippen LogP contribution in [0.25, 0.3) is 0 Å². The van der Waals surface area contributed by atoms with Crippen molar-refractivity contribution in [2.45, 2.75) is 0 Å². The fourth-order valence-electron chi connectivity index (χ4n) is 1.31. The van der Waals surface area contributed by atoms with E-state index in [0.717, 1.165) is 27.7 Å². The van der Waals surface area contributed by atoms with Gasteiger partial charge in [0.2, 0.25) is 0 Å². The second-order valence-corrected chi connectivity index (χ2v) is 4.49. The fraction of sp³-hybridized carbons (Fsp3) is 0.222. The van der Waals surface area contributed by atoms with Gasteiger partial charge < -0.3 is 4.90 Å². The van der Waals surface area contributed by atoms with Gasteiger partial charge in [0.1, 0.15) is 0 Å². The van der Waals surface area contributed by atoms with Gasteiger partial charge in [0.05, 0.1) is 18.6 Å². The van der Waals surface area contributed by atoms with Crippen molar-refractivity contribution in [3.05, 3.63) is 27.1 Å². The van der Waals surface area contributed by atoms with Crippen molar-refractivity contribution in [3.63, 3.8) is 0 Å². The number of aliphatic imine (C=N–C) groups is 1. The lowest BCUT2D eigenvalue weighted by atomic mass is 10.3. The summed E-state index contributed by atoms with van der Waals surface area (Å²) in [5, 5.41) is 0. The Morgan fingerprint density at radius 3 is 2.46 bits per heavy atom. The second kappa shape index (κ2) is 3.80. The Kier molecular flexibility index (Phi) is 2.69. The van der Waals surface area contributed by atoms with E-state index in [9.17, 15) is 0 Å². The summed E-state index contributed by atoms with van der Waals surface area (Å²) in [4.78, 5) is 6.32. The summed E-state index contributed by atoms with van der Waals surface area (Å²) in [6.45, 7) is 1.84. The molecule has 0 fully saturated rings. The maximum Gasteiger partial charge on any atom is 0.0896 e. The fourth-order valence-corrected chi connectivity index (χ4v) is 2.77. The first-order valence-electron chi connectivity index (χ1n) is 3.99. The van der Waals surface area contributed by atoms with Crippen molar-refractivity contribution in [2.75, 3.05) is 18.0 Å². The zero-order chi connectivity index (χ0) is 9.26. The van der Waals surface area contributed by atoms with E-state index in [1.54, 1.807) is 0 Å². The number of para-hydroxylation sites is 1. The molecule has 1 heterocycles. The Morgan fingerprint density at radius 2 is 1.92 bits per heavy atom. The Labute approximate surface area is 93.9 Å². The van der Waals surface area contributed by atoms with Gasteiger partial charge >= 0.3 is 0 Å². The molecule has 0 atom stereocenters. The van der Waals surface area contributed by atoms with Gasteiger partial charge in [-0.15, -0.1) is 0 Å². The van der Waals surface area contributed by atoms with E-state index in [1.165, 1.54) is 0 Å². The second-order valence-electron chi connectivity index (χ2n) is 2.79. The zero-order valence-corrected chi connectivity index (χ0v) is 10.0. The summed E-state index contributed by atoms with van der Waals surface area (Å²) >= 11 is 7.05. The van der Waals surface area contributed by atoms with Crippen LogP contribution in [0.1, 0.15) is 0 Å². The smallest absolute Gasteiger partial charge is 0.0896 e. The molecule has 1 aromatic carbocycles. The minimum absolute atomic E-state index is 0.883. The van der Waals surface area contributed by atoms with Crippen LogP contribution >= 0.6 is 31.9 Å². The van der Waals surface area contributed by atoms with Crippen LogP contribution in [0.2, 0.25) is 0 Å². The highest BCUT2D eigenvalue weighted by Crippen LogP contribution is 2.33. The highest BCUT2D eigenvalue weighted by Gasteiger charge is 2.13. The summed E-state index contributed by atoms with van der Waals surface area (Å²) in [6, 6.07) is 6.07. The van der Waals surface area contributed by atoms with Crippen LogP contribution in [0.3, 0.4) is 0 Å². The molecule has 68 valence electrons. The van der Waals surface area contributed by atoms with Crippen molar-refractivity contribution < 1.29 is 0 Å². The van der Waals surface area contributed by atoms with Gasteiger partial charge in [-0.05, 0) is 44.0 Å². The van der Waals surface area contributed by atoms with Gasteiger partial charge in [-0.1, -0.05) is 6.07 Å². The van der Waals surface area contributed by atoms with Gasteiger partial charge in [-0.3, -0.25) is 4.99 Å². The number of anilines is 1. The van der Waals surface area contributed by atoms with E-state index < -0.39 is 0 Å². The first-order valence-corrected chi connectivity index (χ1v) is 5.58. The number of rotatable bonds is 1. The van der Waals surface area contributed by atoms with Crippen LogP contribution in [0.5, 0.6) is 0 Å². The Bertz CT molecular complexity index is 329. The van der Waals surface area contributed by atoms with Crippen LogP contribution in [-0.2, 0) is 0 Å². The van der Waals surface area contributed by atoms with Crippen LogP contribution < -0.4 is 4.90 Å². The number of halogens is 2. The van der Waals surface area contributed by atoms with Crippen molar-refractivity contribution in [1.82, 2.24) is 0 Å². The zero-order valence-electron chi connectivity index (χ0n) is 6.87. The van der Waals surface area contributed by atoms with Gasteiger partial charge in [0.15, 0.2) is 0 Å². The van der Waals surface area contributed by atoms with E-state index in [4.69, 9.17) is 0 Å². The maximum absolute atomic E-state index is 4.18. The van der Waals surface area contributed by atoms with Gasteiger partial charge in [0.25, 0.3) is 0 Å². The molecule has 0 saturated carbocycles. The third-order valence-corrected chi connectivity index (χ3v) is 3.20. The summed E-state index contributed by atoms with van der Waals surface area (Å²) in [7, 11) is 0. The summed E-state index contributed by atoms with van der Waals surface area (Å²) in [5.74, 6) is 0. The lowest BCUT2D eigenvalue weighted by molar-refractivity contribution is 1.02. The average Bonchev–Trinajstić information content (AvgIpc) is 2.57. The predicted octanol–water partition coefficient (Wildman–Crippen LogP) is 3.06. The lowest BCUT2D eigenvalue weighted by Gasteiger charge is -2.17. The van der Waals surface area contributed by atoms with Crippen molar-refractivity contribution in [3.8, 4) is 0 Å². The van der Waals surface area contributed by atoms with Crippen molar-refractivity contribution >= 4 is 43.9 Å². The molecule has 1 aliphatic rings. The Balaban J connectivity index is 2.43. The standard InChI is InChI=1S/C9H8Br2N2/c10-7-2-1-3-8(11)9(7)13-5-4-12-6-13/h1-3,6H,4-5H2. The largest absolute Gasteiger partial charge is 0.329 e. The van der Waals surface area contributed by atoms with Gasteiger partial charge in [-0.2, -0.15) is 0 Å². The highest BCUT2D eigenvalue weighted by molar-refractivity contribution is 9.11. The average molecular weight is 304 g/mol. The third-order valence-electron chi connectivity index (χ3n) is 1.92. The molecule has 0 N–H and O–H groups in total. The monoisotopic (exact) mass is 302 g/mol. The first kappa shape index (κ1) is 9.21. The summed E-state index contributed by atoms with van der Waals surface area (Å²) in [6.07, 6.45) is 1.88. The maximum atomic E-state index is 4.18. The molecule has 13 heavy (non-hydrogen) atoms. The Hall–Kier alpha value is -0.350. The molecular weight excluding hydrogens is 296 g/mol. The molecule has 0 aromatic heterocycles. The molecule has 0 radical (unpaired) electrons. The molecule has 0 bridgehead atoms. The third kappa shape index (κ3) is 1.79. The predicted molar refractivity (Wildman–Crippen MR) is 62.5 cm³/mol. The molecular formula is C9H8Br2N2. The van der Waals surface area contributed by atoms with E-state index in [-0.39, 0.29) is 0 Å². The molecule has 0 spiro atoms. The van der Waals surface area contributed by atoms with E-state index >= 15 is 0 Å². The molecule has 0 saturated heterocycles. The minimum Gasteiger partial charge on any atom is -0.329 e. The molecule has 2 rings (SSSR count). The van der Waals surface area contributed by atoms with Gasteiger partial charge in [0, 0.05) is 15.5 Å². The number of hydrogen-bond acceptors (Lipinski definition) is 2. The first-order chi connectivity index (χ1) is 6.29. The quantitative estimate of drug-likeness (QED) is 0.778. The van der Waals surface area contributed by atoms with E-state index in [1.807, 2.05) is 24.5 Å². The number of benzene rings is 1. The Morgan fingerprint density at radius 1 is 1.23 bits per heavy atom. The molecule has 0 unspecified atom stereocenters. The van der Waals surface area contributed by atoms with Crippen LogP contribution in [0.4, 0.5) is 5.69 Å². The molecule has 0 amide bonds. The van der Waals surface area contributed by atoms with Gasteiger partial charge in [-0.25, -0.2) is 0 Å². The van der Waals surface area contributed by atoms with Crippen molar-refractivity contribution in [1.29, 1.82) is 0 Å². The summed E-state index contributed by atoms with van der Waals surface area (Å²) in [5.41, 5.74) is 1.16. The lowest BCUT2D eigenvalue weighted by Crippen LogP contribution is -2.19. The van der Waals surface area contributed by atoms with Crippen molar-refractivity contribution in [2.24, 2.45) is 4.99 Å². The molecule has 2 nitrogen and oxygen atoms in total. The SMILES string of the molecule is Brc1cccc(Br)c1N1C=NCC1. The highest BCUT2D eigenvalue weighted by atomic mass is 79.9. The molecule has 1 aliphatic heterocycles. The van der Waals surface area contributed by atoms with Crippen LogP contribution in [-0.4, -0.2) is 19.4 Å². The van der Waals surface area contributed by atoms with Crippen LogP contribution in [0.15, 0.2) is 32.1 Å². The van der Waals surface area contributed by atoms with E-state index in [2.05, 4.69) is 41.8 Å². The topological polar surface area (TPSA) is 15.6 Å². The molecule has 4 heteroatoms. The molecule has 1 aromatic rings. The minimum atomic E-state index is 0.883. The number of nitrogens with zero attached hydrogens (tertiary/aromatic N) is 2. The van der Waals surface area contributed by atoms with E-state index in [0.29, 0.717) is 0 Å². The van der Waals surface area contributed by atoms with Crippen LogP contribution in [0, 0.1) is 0 Å². The number of hydrogen-bond donors (Lipinski definition) is 0. The normalized spacial score (nSPS) is 15.4. The summed E-state index contributed by atoms with van der Waals surface area (Å²) < 4.78 is 2.19.